The molecule has 1 aromatic carbocycles. The molecular formula is C14H13BrIN3O2. The number of hydrogen-bond acceptors (Lipinski definition) is 3. The summed E-state index contributed by atoms with van der Waals surface area (Å²) in [5.41, 5.74) is 5.29. The van der Waals surface area contributed by atoms with Gasteiger partial charge in [-0.15, -0.1) is 0 Å². The summed E-state index contributed by atoms with van der Waals surface area (Å²) >= 11 is 5.39. The number of nitrogens with zero attached hydrogens (tertiary/aromatic N) is 1. The summed E-state index contributed by atoms with van der Waals surface area (Å²) in [5.74, 6) is 0.554. The number of amides is 2. The van der Waals surface area contributed by atoms with Gasteiger partial charge >= 0.3 is 6.03 Å². The highest BCUT2D eigenvalue weighted by Crippen LogP contribution is 2.21. The van der Waals surface area contributed by atoms with Gasteiger partial charge in [0.25, 0.3) is 0 Å². The number of carbonyl (C=O) groups excluding carboxylic acids is 1. The number of aryl methyl sites for hydroxylation is 2. The largest absolute Gasteiger partial charge is 0.448 e. The summed E-state index contributed by atoms with van der Waals surface area (Å²) in [5, 5.41) is 6.55. The molecule has 2 rings (SSSR count). The van der Waals surface area contributed by atoms with E-state index in [0.29, 0.717) is 5.76 Å². The lowest BCUT2D eigenvalue weighted by atomic mass is 10.1. The minimum absolute atomic E-state index is 0.406. The maximum Gasteiger partial charge on any atom is 0.339 e. The summed E-state index contributed by atoms with van der Waals surface area (Å²) in [4.78, 5) is 11.7. The zero-order valence-corrected chi connectivity index (χ0v) is 15.1. The molecule has 2 aromatic rings. The first-order valence-corrected chi connectivity index (χ1v) is 7.94. The first-order chi connectivity index (χ1) is 9.94. The standard InChI is InChI=1S/C14H13BrIN3O2/c1-8-3-9(2)5-10(4-8)18-14(20)19-17-7-11-6-12(15)13(16)21-11/h3-7H,1-2H3,(H2,18,19,20)/b17-7+. The Morgan fingerprint density at radius 2 is 1.95 bits per heavy atom. The van der Waals surface area contributed by atoms with Gasteiger partial charge in [0, 0.05) is 34.3 Å². The van der Waals surface area contributed by atoms with Crippen molar-refractivity contribution in [2.24, 2.45) is 5.10 Å². The van der Waals surface area contributed by atoms with Gasteiger partial charge in [-0.05, 0) is 53.0 Å². The van der Waals surface area contributed by atoms with Crippen LogP contribution in [0.5, 0.6) is 0 Å². The van der Waals surface area contributed by atoms with Crippen LogP contribution < -0.4 is 10.7 Å². The summed E-state index contributed by atoms with van der Waals surface area (Å²) < 4.78 is 6.95. The van der Waals surface area contributed by atoms with E-state index in [-0.39, 0.29) is 0 Å². The molecule has 0 aliphatic rings. The minimum atomic E-state index is -0.406. The molecule has 0 aliphatic heterocycles. The first-order valence-electron chi connectivity index (χ1n) is 6.07. The number of furan rings is 1. The van der Waals surface area contributed by atoms with Crippen LogP contribution >= 0.6 is 38.5 Å². The Balaban J connectivity index is 1.92. The number of urea groups is 1. The van der Waals surface area contributed by atoms with Crippen molar-refractivity contribution in [2.45, 2.75) is 13.8 Å². The zero-order valence-electron chi connectivity index (χ0n) is 11.4. The lowest BCUT2D eigenvalue weighted by molar-refractivity contribution is 0.252. The van der Waals surface area contributed by atoms with Crippen LogP contribution in [0.3, 0.4) is 0 Å². The highest BCUT2D eigenvalue weighted by atomic mass is 127. The lowest BCUT2D eigenvalue weighted by Gasteiger charge is -2.06. The molecule has 21 heavy (non-hydrogen) atoms. The first kappa shape index (κ1) is 16.0. The van der Waals surface area contributed by atoms with E-state index in [9.17, 15) is 4.79 Å². The van der Waals surface area contributed by atoms with E-state index in [0.717, 1.165) is 25.1 Å². The predicted molar refractivity (Wildman–Crippen MR) is 94.8 cm³/mol. The van der Waals surface area contributed by atoms with Gasteiger partial charge in [0.2, 0.25) is 0 Å². The smallest absolute Gasteiger partial charge is 0.339 e. The highest BCUT2D eigenvalue weighted by molar-refractivity contribution is 14.1. The average Bonchev–Trinajstić information content (AvgIpc) is 2.67. The van der Waals surface area contributed by atoms with Gasteiger partial charge in [-0.25, -0.2) is 10.2 Å². The minimum Gasteiger partial charge on any atom is -0.448 e. The molecule has 2 amide bonds. The van der Waals surface area contributed by atoms with Crippen molar-refractivity contribution in [3.05, 3.63) is 49.4 Å². The predicted octanol–water partition coefficient (Wildman–Crippen LogP) is 4.42. The average molecular weight is 462 g/mol. The van der Waals surface area contributed by atoms with Gasteiger partial charge in [0.15, 0.2) is 3.77 Å². The van der Waals surface area contributed by atoms with Gasteiger partial charge in [0.1, 0.15) is 5.76 Å². The lowest BCUT2D eigenvalue weighted by Crippen LogP contribution is -2.24. The van der Waals surface area contributed by atoms with Crippen molar-refractivity contribution in [2.75, 3.05) is 5.32 Å². The van der Waals surface area contributed by atoms with Crippen LogP contribution in [-0.2, 0) is 0 Å². The Labute approximate surface area is 144 Å². The third kappa shape index (κ3) is 4.85. The Morgan fingerprint density at radius 1 is 1.29 bits per heavy atom. The number of anilines is 1. The van der Waals surface area contributed by atoms with Crippen LogP contribution in [0.1, 0.15) is 16.9 Å². The third-order valence-electron chi connectivity index (χ3n) is 2.50. The van der Waals surface area contributed by atoms with E-state index in [2.05, 4.69) is 54.4 Å². The number of halogens is 2. The Kier molecular flexibility index (Phi) is 5.40. The Bertz CT molecular complexity index is 658. The van der Waals surface area contributed by atoms with E-state index in [1.807, 2.05) is 32.0 Å². The van der Waals surface area contributed by atoms with Crippen molar-refractivity contribution in [1.29, 1.82) is 0 Å². The second kappa shape index (κ2) is 7.08. The van der Waals surface area contributed by atoms with Gasteiger partial charge in [0.05, 0.1) is 10.7 Å². The topological polar surface area (TPSA) is 66.6 Å². The zero-order chi connectivity index (χ0) is 15.4. The highest BCUT2D eigenvalue weighted by Gasteiger charge is 2.04. The molecule has 0 spiro atoms. The fourth-order valence-corrected chi connectivity index (χ4v) is 2.50. The van der Waals surface area contributed by atoms with E-state index in [4.69, 9.17) is 4.42 Å². The van der Waals surface area contributed by atoms with Crippen LogP contribution in [0, 0.1) is 17.6 Å². The second-order valence-electron chi connectivity index (χ2n) is 4.47. The maximum absolute atomic E-state index is 11.7. The summed E-state index contributed by atoms with van der Waals surface area (Å²) in [6, 6.07) is 7.19. The van der Waals surface area contributed by atoms with Crippen LogP contribution in [0.4, 0.5) is 10.5 Å². The Hall–Kier alpha value is -1.35. The summed E-state index contributed by atoms with van der Waals surface area (Å²) in [6.07, 6.45) is 1.44. The molecule has 0 atom stereocenters. The Morgan fingerprint density at radius 3 is 2.52 bits per heavy atom. The van der Waals surface area contributed by atoms with Gasteiger partial charge < -0.3 is 9.73 Å². The number of hydrazone groups is 1. The molecule has 110 valence electrons. The van der Waals surface area contributed by atoms with E-state index >= 15 is 0 Å². The van der Waals surface area contributed by atoms with Crippen molar-refractivity contribution in [1.82, 2.24) is 5.43 Å². The van der Waals surface area contributed by atoms with Gasteiger partial charge in [-0.1, -0.05) is 6.07 Å². The fraction of sp³-hybridized carbons (Fsp3) is 0.143. The molecule has 2 N–H and O–H groups in total. The number of carbonyl (C=O) groups is 1. The van der Waals surface area contributed by atoms with Crippen LogP contribution in [0.25, 0.3) is 0 Å². The van der Waals surface area contributed by atoms with Crippen molar-refractivity contribution in [3.63, 3.8) is 0 Å². The molecule has 7 heteroatoms. The molecule has 1 heterocycles. The van der Waals surface area contributed by atoms with Crippen molar-refractivity contribution in [3.8, 4) is 0 Å². The van der Waals surface area contributed by atoms with Gasteiger partial charge in [-0.2, -0.15) is 5.10 Å². The molecule has 0 saturated carbocycles. The van der Waals surface area contributed by atoms with E-state index < -0.39 is 6.03 Å². The van der Waals surface area contributed by atoms with Crippen LogP contribution in [-0.4, -0.2) is 12.2 Å². The molecule has 0 fully saturated rings. The maximum atomic E-state index is 11.7. The fourth-order valence-electron chi connectivity index (χ4n) is 1.79. The molecule has 0 bridgehead atoms. The monoisotopic (exact) mass is 461 g/mol. The summed E-state index contributed by atoms with van der Waals surface area (Å²) in [7, 11) is 0. The quantitative estimate of drug-likeness (QED) is 0.403. The van der Waals surface area contributed by atoms with Gasteiger partial charge in [-0.3, -0.25) is 0 Å². The van der Waals surface area contributed by atoms with E-state index in [1.165, 1.54) is 6.21 Å². The molecule has 0 saturated heterocycles. The number of hydrogen-bond donors (Lipinski definition) is 2. The van der Waals surface area contributed by atoms with Crippen LogP contribution in [0.15, 0.2) is 38.3 Å². The molecule has 0 aliphatic carbocycles. The molecule has 0 radical (unpaired) electrons. The molecular weight excluding hydrogens is 449 g/mol. The number of nitrogens with one attached hydrogen (secondary N) is 2. The van der Waals surface area contributed by atoms with Crippen LogP contribution in [0.2, 0.25) is 0 Å². The third-order valence-corrected chi connectivity index (χ3v) is 4.63. The van der Waals surface area contributed by atoms with Crippen molar-refractivity contribution < 1.29 is 9.21 Å². The summed E-state index contributed by atoms with van der Waals surface area (Å²) in [6.45, 7) is 3.95. The number of benzene rings is 1. The van der Waals surface area contributed by atoms with Crippen molar-refractivity contribution >= 4 is 56.5 Å². The molecule has 5 nitrogen and oxygen atoms in total. The molecule has 1 aromatic heterocycles. The second-order valence-corrected chi connectivity index (χ2v) is 6.31. The normalized spacial score (nSPS) is 10.9. The number of rotatable bonds is 3. The SMILES string of the molecule is Cc1cc(C)cc(NC(=O)N/N=C/c2cc(Br)c(I)o2)c1. The molecule has 0 unspecified atom stereocenters. The van der Waals surface area contributed by atoms with E-state index in [1.54, 1.807) is 6.07 Å².